The van der Waals surface area contributed by atoms with Gasteiger partial charge in [-0.2, -0.15) is 8.61 Å². The molecule has 0 atom stereocenters. The van der Waals surface area contributed by atoms with E-state index in [1.165, 1.54) is 23.7 Å². The number of aromatic nitrogens is 2. The largest absolute Gasteiger partial charge is 0.495 e. The van der Waals surface area contributed by atoms with E-state index in [9.17, 15) is 21.2 Å². The van der Waals surface area contributed by atoms with Crippen LogP contribution in [-0.4, -0.2) is 68.3 Å². The van der Waals surface area contributed by atoms with Gasteiger partial charge in [0, 0.05) is 39.4 Å². The maximum atomic E-state index is 13.7. The zero-order chi connectivity index (χ0) is 21.4. The maximum Gasteiger partial charge on any atom is 0.262 e. The summed E-state index contributed by atoms with van der Waals surface area (Å²) in [6.45, 7) is 1.86. The number of sulfonamides is 2. The molecule has 0 spiro atoms. The van der Waals surface area contributed by atoms with Gasteiger partial charge in [0.25, 0.3) is 10.0 Å². The Balaban J connectivity index is 1.85. The number of benzene rings is 1. The van der Waals surface area contributed by atoms with Crippen molar-refractivity contribution in [1.29, 1.82) is 0 Å². The Morgan fingerprint density at radius 1 is 1.03 bits per heavy atom. The van der Waals surface area contributed by atoms with Crippen molar-refractivity contribution in [2.45, 2.75) is 23.3 Å². The molecule has 2 aromatic rings. The van der Waals surface area contributed by atoms with Crippen LogP contribution in [0.5, 0.6) is 5.75 Å². The van der Waals surface area contributed by atoms with Gasteiger partial charge in [0.1, 0.15) is 22.3 Å². The highest BCUT2D eigenvalue weighted by Gasteiger charge is 2.34. The third kappa shape index (κ3) is 4.15. The first-order chi connectivity index (χ1) is 13.6. The van der Waals surface area contributed by atoms with Crippen LogP contribution in [0, 0.1) is 12.7 Å². The predicted molar refractivity (Wildman–Crippen MR) is 103 cm³/mol. The van der Waals surface area contributed by atoms with Gasteiger partial charge in [-0.1, -0.05) is 0 Å². The van der Waals surface area contributed by atoms with Crippen molar-refractivity contribution in [3.63, 3.8) is 0 Å². The molecule has 0 aliphatic carbocycles. The quantitative estimate of drug-likeness (QED) is 0.678. The molecule has 2 heterocycles. The Hall–Kier alpha value is -2.02. The topological polar surface area (TPSA) is 102 Å². The first-order valence-corrected chi connectivity index (χ1v) is 11.8. The van der Waals surface area contributed by atoms with Gasteiger partial charge in [0.2, 0.25) is 10.0 Å². The molecule has 29 heavy (non-hydrogen) atoms. The van der Waals surface area contributed by atoms with Gasteiger partial charge < -0.3 is 9.30 Å². The summed E-state index contributed by atoms with van der Waals surface area (Å²) >= 11 is 0. The van der Waals surface area contributed by atoms with Crippen molar-refractivity contribution >= 4 is 20.0 Å². The van der Waals surface area contributed by atoms with Gasteiger partial charge in [-0.15, -0.1) is 0 Å². The first kappa shape index (κ1) is 21.7. The third-order valence-electron chi connectivity index (χ3n) is 4.85. The standard InChI is InChI=1S/C17H23FN4O5S2/c1-13-19-17(12-20(13)2)29(25,26)22-8-4-7-21(9-10-22)28(23,24)16-11-14(18)5-6-15(16)27-3/h5-6,11-12H,4,7-10H2,1-3H3. The van der Waals surface area contributed by atoms with Crippen LogP contribution in [-0.2, 0) is 27.1 Å². The predicted octanol–water partition coefficient (Wildman–Crippen LogP) is 0.962. The highest BCUT2D eigenvalue weighted by atomic mass is 32.2. The Morgan fingerprint density at radius 3 is 2.21 bits per heavy atom. The molecule has 1 saturated heterocycles. The van der Waals surface area contributed by atoms with Crippen molar-refractivity contribution in [3.05, 3.63) is 36.0 Å². The minimum atomic E-state index is -4.06. The summed E-state index contributed by atoms with van der Waals surface area (Å²) in [6.07, 6.45) is 1.73. The fraction of sp³-hybridized carbons (Fsp3) is 0.471. The van der Waals surface area contributed by atoms with Gasteiger partial charge in [-0.3, -0.25) is 0 Å². The minimum Gasteiger partial charge on any atom is -0.495 e. The second kappa shape index (κ2) is 8.01. The van der Waals surface area contributed by atoms with Crippen molar-refractivity contribution in [1.82, 2.24) is 18.2 Å². The summed E-state index contributed by atoms with van der Waals surface area (Å²) in [4.78, 5) is 3.80. The fourth-order valence-corrected chi connectivity index (χ4v) is 6.26. The van der Waals surface area contributed by atoms with Crippen molar-refractivity contribution in [3.8, 4) is 5.75 Å². The maximum absolute atomic E-state index is 13.7. The number of methoxy groups -OCH3 is 1. The summed E-state index contributed by atoms with van der Waals surface area (Å²) in [6, 6.07) is 3.27. The van der Waals surface area contributed by atoms with Gasteiger partial charge in [-0.25, -0.2) is 26.2 Å². The van der Waals surface area contributed by atoms with E-state index in [1.807, 2.05) is 0 Å². The average molecular weight is 447 g/mol. The van der Waals surface area contributed by atoms with Gasteiger partial charge in [0.05, 0.1) is 7.11 Å². The van der Waals surface area contributed by atoms with E-state index in [-0.39, 0.29) is 41.8 Å². The molecule has 1 aromatic heterocycles. The number of ether oxygens (including phenoxy) is 1. The van der Waals surface area contributed by atoms with E-state index in [0.29, 0.717) is 12.2 Å². The highest BCUT2D eigenvalue weighted by Crippen LogP contribution is 2.28. The number of rotatable bonds is 5. The number of hydrogen-bond donors (Lipinski definition) is 0. The monoisotopic (exact) mass is 446 g/mol. The summed E-state index contributed by atoms with van der Waals surface area (Å²) in [7, 11) is -4.90. The second-order valence-electron chi connectivity index (χ2n) is 6.69. The van der Waals surface area contributed by atoms with Crippen LogP contribution in [0.4, 0.5) is 4.39 Å². The number of hydrogen-bond acceptors (Lipinski definition) is 6. The Kier molecular flexibility index (Phi) is 5.99. The molecule has 9 nitrogen and oxygen atoms in total. The minimum absolute atomic E-state index is 0.0316. The Morgan fingerprint density at radius 2 is 1.66 bits per heavy atom. The first-order valence-electron chi connectivity index (χ1n) is 8.91. The van der Waals surface area contributed by atoms with E-state index in [2.05, 4.69) is 4.98 Å². The number of imidazole rings is 1. The van der Waals surface area contributed by atoms with Crippen LogP contribution < -0.4 is 4.74 Å². The molecule has 1 aliphatic rings. The lowest BCUT2D eigenvalue weighted by Crippen LogP contribution is -2.37. The third-order valence-corrected chi connectivity index (χ3v) is 8.54. The second-order valence-corrected chi connectivity index (χ2v) is 10.5. The summed E-state index contributed by atoms with van der Waals surface area (Å²) in [5.74, 6) is -0.112. The molecule has 160 valence electrons. The molecule has 3 rings (SSSR count). The summed E-state index contributed by atoms with van der Waals surface area (Å²) in [5.41, 5.74) is 0. The van der Waals surface area contributed by atoms with E-state index in [4.69, 9.17) is 4.74 Å². The van der Waals surface area contributed by atoms with E-state index >= 15 is 0 Å². The number of nitrogens with zero attached hydrogens (tertiary/aromatic N) is 4. The molecular formula is C17H23FN4O5S2. The molecule has 12 heteroatoms. The van der Waals surface area contributed by atoms with Gasteiger partial charge in [-0.05, 0) is 31.5 Å². The van der Waals surface area contributed by atoms with Crippen LogP contribution in [0.3, 0.4) is 0 Å². The lowest BCUT2D eigenvalue weighted by Gasteiger charge is -2.22. The van der Waals surface area contributed by atoms with E-state index < -0.39 is 25.9 Å². The summed E-state index contributed by atoms with van der Waals surface area (Å²) in [5, 5.41) is -0.0689. The molecule has 1 aliphatic heterocycles. The van der Waals surface area contributed by atoms with Crippen molar-refractivity contribution in [2.75, 3.05) is 33.3 Å². The highest BCUT2D eigenvalue weighted by molar-refractivity contribution is 7.89. The van der Waals surface area contributed by atoms with Crippen molar-refractivity contribution in [2.24, 2.45) is 7.05 Å². The smallest absolute Gasteiger partial charge is 0.262 e. The molecule has 1 aromatic carbocycles. The van der Waals surface area contributed by atoms with E-state index in [0.717, 1.165) is 16.4 Å². The molecule has 1 fully saturated rings. The zero-order valence-corrected chi connectivity index (χ0v) is 18.0. The summed E-state index contributed by atoms with van der Waals surface area (Å²) < 4.78 is 74.6. The van der Waals surface area contributed by atoms with Crippen LogP contribution in [0.15, 0.2) is 34.3 Å². The van der Waals surface area contributed by atoms with Crippen LogP contribution in [0.1, 0.15) is 12.2 Å². The van der Waals surface area contributed by atoms with Gasteiger partial charge in [0.15, 0.2) is 5.03 Å². The zero-order valence-electron chi connectivity index (χ0n) is 16.4. The normalized spacial score (nSPS) is 17.2. The molecule has 0 amide bonds. The number of aryl methyl sites for hydroxylation is 2. The van der Waals surface area contributed by atoms with Crippen LogP contribution in [0.2, 0.25) is 0 Å². The van der Waals surface area contributed by atoms with E-state index in [1.54, 1.807) is 18.5 Å². The lowest BCUT2D eigenvalue weighted by atomic mass is 10.3. The molecular weight excluding hydrogens is 423 g/mol. The molecule has 0 bridgehead atoms. The average Bonchev–Trinajstić information content (AvgIpc) is 2.87. The Labute approximate surface area is 169 Å². The Bertz CT molecular complexity index is 1100. The molecule has 0 radical (unpaired) electrons. The van der Waals surface area contributed by atoms with Crippen LogP contribution >= 0.6 is 0 Å². The molecule has 0 unspecified atom stereocenters. The molecule has 0 saturated carbocycles. The fourth-order valence-electron chi connectivity index (χ4n) is 3.12. The van der Waals surface area contributed by atoms with Crippen molar-refractivity contribution < 1.29 is 26.0 Å². The SMILES string of the molecule is COc1ccc(F)cc1S(=O)(=O)N1CCCN(S(=O)(=O)c2cn(C)c(C)n2)CC1. The lowest BCUT2D eigenvalue weighted by molar-refractivity contribution is 0.386. The molecule has 0 N–H and O–H groups in total. The number of halogens is 1. The van der Waals surface area contributed by atoms with Gasteiger partial charge >= 0.3 is 0 Å². The van der Waals surface area contributed by atoms with Crippen LogP contribution in [0.25, 0.3) is 0 Å².